The molecule has 0 radical (unpaired) electrons. The van der Waals surface area contributed by atoms with Gasteiger partial charge >= 0.3 is 6.09 Å². The van der Waals surface area contributed by atoms with E-state index in [1.165, 1.54) is 6.21 Å². The van der Waals surface area contributed by atoms with Gasteiger partial charge in [0, 0.05) is 25.0 Å². The first-order valence-electron chi connectivity index (χ1n) is 6.57. The Bertz CT molecular complexity index is 476. The van der Waals surface area contributed by atoms with Crippen LogP contribution in [0.15, 0.2) is 35.3 Å². The highest BCUT2D eigenvalue weighted by molar-refractivity contribution is 5.88. The molecule has 0 saturated heterocycles. The van der Waals surface area contributed by atoms with Crippen molar-refractivity contribution in [3.8, 4) is 0 Å². The molecule has 0 N–H and O–H groups in total. The van der Waals surface area contributed by atoms with Gasteiger partial charge in [0.1, 0.15) is 5.60 Å². The van der Waals surface area contributed by atoms with Gasteiger partial charge in [0.2, 0.25) is 6.04 Å². The minimum absolute atomic E-state index is 0.333. The zero-order valence-corrected chi connectivity index (χ0v) is 13.1. The number of amides is 1. The van der Waals surface area contributed by atoms with Gasteiger partial charge in [-0.25, -0.2) is 4.79 Å². The Balaban J connectivity index is 0.000000567. The predicted octanol–water partition coefficient (Wildman–Crippen LogP) is 3.71. The Morgan fingerprint density at radius 1 is 1.29 bits per heavy atom. The number of hydrogen-bond acceptors (Lipinski definition) is 4. The summed E-state index contributed by atoms with van der Waals surface area (Å²) in [6, 6.07) is 8.99. The summed E-state index contributed by atoms with van der Waals surface area (Å²) in [4.78, 5) is 24.1. The standard InChI is InChI=1S/C12H15NO2.C3H7NO2/c1-12(2,3)15-11(14)13-9-10-7-5-4-6-8-10;1-3(2)4(5)6/h4-9H,1-3H3;3H,1-2H3. The molecule has 1 aromatic carbocycles. The van der Waals surface area contributed by atoms with Crippen LogP contribution in [0.1, 0.15) is 40.2 Å². The molecule has 0 saturated carbocycles. The third kappa shape index (κ3) is 11.3. The van der Waals surface area contributed by atoms with E-state index in [9.17, 15) is 14.9 Å². The van der Waals surface area contributed by atoms with E-state index in [4.69, 9.17) is 4.74 Å². The largest absolute Gasteiger partial charge is 0.442 e. The van der Waals surface area contributed by atoms with Crippen LogP contribution >= 0.6 is 0 Å². The van der Waals surface area contributed by atoms with Crippen LogP contribution in [0.4, 0.5) is 4.79 Å². The summed E-state index contributed by atoms with van der Waals surface area (Å²) in [6.07, 6.45) is 0.931. The third-order valence-corrected chi connectivity index (χ3v) is 1.93. The van der Waals surface area contributed by atoms with E-state index in [2.05, 4.69) is 4.99 Å². The van der Waals surface area contributed by atoms with E-state index in [-0.39, 0.29) is 4.92 Å². The molecular weight excluding hydrogens is 272 g/mol. The topological polar surface area (TPSA) is 81.8 Å². The Morgan fingerprint density at radius 3 is 2.14 bits per heavy atom. The molecule has 0 aliphatic heterocycles. The molecule has 0 bridgehead atoms. The molecule has 0 heterocycles. The smallest absolute Gasteiger partial charge is 0.434 e. The van der Waals surface area contributed by atoms with E-state index in [0.29, 0.717) is 0 Å². The molecular formula is C15H22N2O4. The highest BCUT2D eigenvalue weighted by Crippen LogP contribution is 2.07. The number of benzene rings is 1. The van der Waals surface area contributed by atoms with Crippen LogP contribution in [0, 0.1) is 10.1 Å². The van der Waals surface area contributed by atoms with Gasteiger partial charge < -0.3 is 4.74 Å². The zero-order valence-electron chi connectivity index (χ0n) is 13.1. The first kappa shape index (κ1) is 18.8. The molecule has 1 rings (SSSR count). The van der Waals surface area contributed by atoms with Gasteiger partial charge in [-0.05, 0) is 26.3 Å². The molecule has 6 nitrogen and oxygen atoms in total. The molecule has 21 heavy (non-hydrogen) atoms. The maximum atomic E-state index is 11.2. The van der Waals surface area contributed by atoms with Crippen LogP contribution in [-0.4, -0.2) is 28.9 Å². The first-order chi connectivity index (χ1) is 9.61. The molecule has 1 aromatic rings. The fraction of sp³-hybridized carbons (Fsp3) is 0.467. The van der Waals surface area contributed by atoms with Crippen molar-refractivity contribution in [2.45, 2.75) is 46.3 Å². The van der Waals surface area contributed by atoms with E-state index in [1.54, 1.807) is 13.8 Å². The number of carbonyl (C=O) groups excluding carboxylic acids is 1. The van der Waals surface area contributed by atoms with Gasteiger partial charge in [0.15, 0.2) is 0 Å². The van der Waals surface area contributed by atoms with Crippen LogP contribution in [0.3, 0.4) is 0 Å². The fourth-order valence-corrected chi connectivity index (χ4v) is 0.955. The third-order valence-electron chi connectivity index (χ3n) is 1.93. The molecule has 0 atom stereocenters. The van der Waals surface area contributed by atoms with E-state index >= 15 is 0 Å². The van der Waals surface area contributed by atoms with Crippen LogP contribution in [-0.2, 0) is 4.74 Å². The monoisotopic (exact) mass is 294 g/mol. The number of nitrogens with zero attached hydrogens (tertiary/aromatic N) is 2. The lowest BCUT2D eigenvalue weighted by Gasteiger charge is -2.16. The molecule has 0 aliphatic rings. The Hall–Kier alpha value is -2.24. The van der Waals surface area contributed by atoms with Crippen molar-refractivity contribution in [3.63, 3.8) is 0 Å². The summed E-state index contributed by atoms with van der Waals surface area (Å²) in [5.41, 5.74) is 0.383. The van der Waals surface area contributed by atoms with E-state index in [1.807, 2.05) is 51.1 Å². The molecule has 0 aromatic heterocycles. The normalized spacial score (nSPS) is 11.0. The molecule has 1 amide bonds. The molecule has 0 fully saturated rings. The maximum Gasteiger partial charge on any atom is 0.434 e. The second-order valence-electron chi connectivity index (χ2n) is 5.53. The number of aliphatic imine (C=N–C) groups is 1. The molecule has 0 spiro atoms. The summed E-state index contributed by atoms with van der Waals surface area (Å²) >= 11 is 0. The van der Waals surface area contributed by atoms with E-state index < -0.39 is 17.7 Å². The van der Waals surface area contributed by atoms with Crippen molar-refractivity contribution in [1.82, 2.24) is 0 Å². The van der Waals surface area contributed by atoms with Crippen molar-refractivity contribution in [2.24, 2.45) is 4.99 Å². The van der Waals surface area contributed by atoms with Crippen molar-refractivity contribution in [1.29, 1.82) is 0 Å². The number of rotatable bonds is 2. The van der Waals surface area contributed by atoms with Crippen molar-refractivity contribution in [3.05, 3.63) is 46.0 Å². The van der Waals surface area contributed by atoms with Gasteiger partial charge in [-0.2, -0.15) is 4.99 Å². The van der Waals surface area contributed by atoms with Crippen LogP contribution < -0.4 is 0 Å². The van der Waals surface area contributed by atoms with Gasteiger partial charge in [-0.1, -0.05) is 30.3 Å². The average Bonchev–Trinajstić information content (AvgIpc) is 2.36. The molecule has 6 heteroatoms. The lowest BCUT2D eigenvalue weighted by atomic mass is 10.2. The first-order valence-corrected chi connectivity index (χ1v) is 6.57. The van der Waals surface area contributed by atoms with Crippen molar-refractivity contribution < 1.29 is 14.5 Å². The Morgan fingerprint density at radius 2 is 1.76 bits per heavy atom. The Labute approximate surface area is 125 Å². The maximum absolute atomic E-state index is 11.2. The van der Waals surface area contributed by atoms with Crippen molar-refractivity contribution in [2.75, 3.05) is 0 Å². The summed E-state index contributed by atoms with van der Waals surface area (Å²) in [5.74, 6) is 0. The van der Waals surface area contributed by atoms with Crippen LogP contribution in [0.2, 0.25) is 0 Å². The number of carbonyl (C=O) groups is 1. The molecule has 0 aliphatic carbocycles. The van der Waals surface area contributed by atoms with Gasteiger partial charge in [-0.15, -0.1) is 0 Å². The number of hydrogen-bond donors (Lipinski definition) is 0. The predicted molar refractivity (Wildman–Crippen MR) is 82.4 cm³/mol. The second kappa shape index (κ2) is 8.84. The summed E-state index contributed by atoms with van der Waals surface area (Å²) in [6.45, 7) is 8.51. The fourth-order valence-electron chi connectivity index (χ4n) is 0.955. The lowest BCUT2D eigenvalue weighted by Crippen LogP contribution is -2.21. The van der Waals surface area contributed by atoms with Gasteiger partial charge in [0.25, 0.3) is 0 Å². The number of ether oxygens (including phenoxy) is 1. The summed E-state index contributed by atoms with van der Waals surface area (Å²) in [7, 11) is 0. The second-order valence-corrected chi connectivity index (χ2v) is 5.53. The molecule has 116 valence electrons. The van der Waals surface area contributed by atoms with Crippen LogP contribution in [0.25, 0.3) is 0 Å². The molecule has 0 unspecified atom stereocenters. The van der Waals surface area contributed by atoms with Gasteiger partial charge in [0.05, 0.1) is 0 Å². The van der Waals surface area contributed by atoms with E-state index in [0.717, 1.165) is 5.56 Å². The Kier molecular flexibility index (Phi) is 7.89. The quantitative estimate of drug-likeness (QED) is 0.473. The summed E-state index contributed by atoms with van der Waals surface area (Å²) in [5, 5.41) is 9.50. The minimum atomic E-state index is -0.564. The highest BCUT2D eigenvalue weighted by atomic mass is 16.6. The highest BCUT2D eigenvalue weighted by Gasteiger charge is 2.14. The zero-order chi connectivity index (χ0) is 16.5. The van der Waals surface area contributed by atoms with Crippen LogP contribution in [0.5, 0.6) is 0 Å². The minimum Gasteiger partial charge on any atom is -0.442 e. The van der Waals surface area contributed by atoms with Gasteiger partial charge in [-0.3, -0.25) is 10.1 Å². The average molecular weight is 294 g/mol. The SMILES string of the molecule is CC(C)(C)OC(=O)N=Cc1ccccc1.CC(C)[N+](=O)[O-]. The summed E-state index contributed by atoms with van der Waals surface area (Å²) < 4.78 is 5.02. The number of nitro groups is 1. The van der Waals surface area contributed by atoms with Crippen molar-refractivity contribution >= 4 is 12.3 Å². The lowest BCUT2D eigenvalue weighted by molar-refractivity contribution is -0.513.